The van der Waals surface area contributed by atoms with Gasteiger partial charge >= 0.3 is 6.18 Å². The van der Waals surface area contributed by atoms with Crippen molar-refractivity contribution in [2.24, 2.45) is 29.6 Å². The number of nitriles is 1. The maximum atomic E-state index is 12.7. The Bertz CT molecular complexity index is 919. The van der Waals surface area contributed by atoms with Crippen molar-refractivity contribution in [3.63, 3.8) is 0 Å². The summed E-state index contributed by atoms with van der Waals surface area (Å²) in [6, 6.07) is 2.79. The third-order valence-corrected chi connectivity index (χ3v) is 6.46. The highest BCUT2D eigenvalue weighted by atomic mass is 35.5. The number of fused-ring (bicyclic) bond motifs is 5. The van der Waals surface area contributed by atoms with E-state index in [0.29, 0.717) is 12.6 Å². The average Bonchev–Trinajstić information content (AvgIpc) is 3.26. The Morgan fingerprint density at radius 1 is 1.31 bits per heavy atom. The van der Waals surface area contributed by atoms with Crippen LogP contribution >= 0.6 is 11.6 Å². The highest BCUT2D eigenvalue weighted by molar-refractivity contribution is 6.33. The van der Waals surface area contributed by atoms with Crippen LogP contribution in [0, 0.1) is 40.9 Å². The van der Waals surface area contributed by atoms with Gasteiger partial charge in [0.15, 0.2) is 0 Å². The summed E-state index contributed by atoms with van der Waals surface area (Å²) in [5.41, 5.74) is -0.980. The second-order valence-electron chi connectivity index (χ2n) is 7.57. The first-order valence-electron chi connectivity index (χ1n) is 9.04. The summed E-state index contributed by atoms with van der Waals surface area (Å²) >= 11 is 5.83. The highest BCUT2D eigenvalue weighted by Gasteiger charge is 2.67. The molecule has 0 unspecified atom stereocenters. The number of nitrogens with one attached hydrogen (secondary N) is 1. The number of likely N-dealkylation sites (tertiary alicyclic amines) is 1. The molecule has 2 aliphatic carbocycles. The van der Waals surface area contributed by atoms with Crippen LogP contribution in [0.5, 0.6) is 0 Å². The van der Waals surface area contributed by atoms with Crippen LogP contribution in [0.4, 0.5) is 19.0 Å². The molecular formula is C18H16ClF3N4O3. The van der Waals surface area contributed by atoms with Crippen molar-refractivity contribution in [1.82, 2.24) is 9.88 Å². The molecule has 1 aliphatic heterocycles. The number of hydrogen-bond acceptors (Lipinski definition) is 6. The number of alkyl halides is 3. The van der Waals surface area contributed by atoms with Gasteiger partial charge in [0.1, 0.15) is 5.82 Å². The molecule has 0 spiro atoms. The molecule has 1 aromatic rings. The Labute approximate surface area is 168 Å². The number of aliphatic hydroxyl groups excluding tert-OH is 1. The Morgan fingerprint density at radius 3 is 2.55 bits per heavy atom. The number of hydrogen-bond donors (Lipinski definition) is 2. The summed E-state index contributed by atoms with van der Waals surface area (Å²) in [5, 5.41) is 22.0. The van der Waals surface area contributed by atoms with E-state index in [1.807, 2.05) is 6.07 Å². The normalized spacial score (nSPS) is 33.2. The lowest BCUT2D eigenvalue weighted by Crippen LogP contribution is -2.39. The van der Waals surface area contributed by atoms with Crippen LogP contribution in [0.3, 0.4) is 0 Å². The summed E-state index contributed by atoms with van der Waals surface area (Å²) in [4.78, 5) is 30.2. The molecule has 2 amide bonds. The summed E-state index contributed by atoms with van der Waals surface area (Å²) in [6.45, 7) is 0.0328. The fraction of sp³-hybridized carbons (Fsp3) is 0.556. The molecular weight excluding hydrogens is 413 g/mol. The minimum atomic E-state index is -4.56. The predicted octanol–water partition coefficient (Wildman–Crippen LogP) is 1.92. The number of halogens is 4. The second kappa shape index (κ2) is 6.85. The van der Waals surface area contributed by atoms with Crippen LogP contribution in [0.1, 0.15) is 12.0 Å². The van der Waals surface area contributed by atoms with Crippen molar-refractivity contribution >= 4 is 29.2 Å². The van der Waals surface area contributed by atoms with Crippen molar-refractivity contribution in [1.29, 1.82) is 5.26 Å². The molecule has 154 valence electrons. The van der Waals surface area contributed by atoms with E-state index < -0.39 is 41.5 Å². The molecule has 0 radical (unpaired) electrons. The molecule has 0 aromatic carbocycles. The second-order valence-corrected chi connectivity index (χ2v) is 7.97. The van der Waals surface area contributed by atoms with E-state index in [4.69, 9.17) is 11.6 Å². The third kappa shape index (κ3) is 3.04. The molecule has 2 saturated carbocycles. The van der Waals surface area contributed by atoms with Gasteiger partial charge in [-0.2, -0.15) is 18.4 Å². The zero-order valence-electron chi connectivity index (χ0n) is 14.9. The molecule has 3 aliphatic rings. The van der Waals surface area contributed by atoms with Crippen molar-refractivity contribution in [2.75, 3.05) is 18.4 Å². The fourth-order valence-electron chi connectivity index (χ4n) is 4.93. The van der Waals surface area contributed by atoms with Gasteiger partial charge in [-0.1, -0.05) is 11.6 Å². The standard InChI is InChI=1S/C18H16ClF3N4O3/c19-11-3-7(18(20,21)22)6-25-15(11)24-1-2-26-16(28)12-8-4-9(13(12)17(26)29)14(27)10(8)5-23/h3,6,8-10,12-14,27H,1-2,4H2,(H,24,25)/t8-,9+,10+,12+,13-,14-/m1/s1. The lowest BCUT2D eigenvalue weighted by Gasteiger charge is -2.28. The average molecular weight is 429 g/mol. The van der Waals surface area contributed by atoms with Gasteiger partial charge in [-0.3, -0.25) is 14.5 Å². The Kier molecular flexibility index (Phi) is 4.70. The van der Waals surface area contributed by atoms with Crippen LogP contribution < -0.4 is 5.32 Å². The molecule has 6 atom stereocenters. The number of rotatable bonds is 4. The molecule has 7 nitrogen and oxygen atoms in total. The minimum absolute atomic E-state index is 0.0130. The van der Waals surface area contributed by atoms with Gasteiger partial charge in [-0.15, -0.1) is 0 Å². The number of aromatic nitrogens is 1. The number of carbonyl (C=O) groups is 2. The van der Waals surface area contributed by atoms with Crippen molar-refractivity contribution in [3.8, 4) is 6.07 Å². The van der Waals surface area contributed by atoms with E-state index in [1.54, 1.807) is 0 Å². The molecule has 4 rings (SSSR count). The van der Waals surface area contributed by atoms with Crippen LogP contribution in [0.25, 0.3) is 0 Å². The number of anilines is 1. The maximum absolute atomic E-state index is 12.7. The first kappa shape index (κ1) is 19.9. The highest BCUT2D eigenvalue weighted by Crippen LogP contribution is 2.58. The van der Waals surface area contributed by atoms with Gasteiger partial charge < -0.3 is 10.4 Å². The Balaban J connectivity index is 1.41. The van der Waals surface area contributed by atoms with Crippen molar-refractivity contribution < 1.29 is 27.9 Å². The fourth-order valence-corrected chi connectivity index (χ4v) is 5.16. The van der Waals surface area contributed by atoms with Crippen LogP contribution in [-0.4, -0.2) is 46.0 Å². The van der Waals surface area contributed by atoms with Gasteiger partial charge in [0.25, 0.3) is 0 Å². The smallest absolute Gasteiger partial charge is 0.391 e. The largest absolute Gasteiger partial charge is 0.417 e. The van der Waals surface area contributed by atoms with E-state index >= 15 is 0 Å². The Morgan fingerprint density at radius 2 is 1.97 bits per heavy atom. The van der Waals surface area contributed by atoms with Gasteiger partial charge in [0.05, 0.1) is 40.5 Å². The van der Waals surface area contributed by atoms with E-state index in [0.717, 1.165) is 11.0 Å². The number of amides is 2. The van der Waals surface area contributed by atoms with E-state index in [-0.39, 0.29) is 41.7 Å². The van der Waals surface area contributed by atoms with E-state index in [9.17, 15) is 33.1 Å². The van der Waals surface area contributed by atoms with Gasteiger partial charge in [-0.05, 0) is 24.3 Å². The van der Waals surface area contributed by atoms with E-state index in [1.165, 1.54) is 0 Å². The zero-order chi connectivity index (χ0) is 21.1. The molecule has 2 bridgehead atoms. The molecule has 3 fully saturated rings. The third-order valence-electron chi connectivity index (χ3n) is 6.17. The summed E-state index contributed by atoms with van der Waals surface area (Å²) in [5.74, 6) is -3.30. The lowest BCUT2D eigenvalue weighted by molar-refractivity contribution is -0.141. The lowest BCUT2D eigenvalue weighted by atomic mass is 9.74. The van der Waals surface area contributed by atoms with Crippen LogP contribution in [0.2, 0.25) is 5.02 Å². The SMILES string of the molecule is N#C[C@@H]1[C@H](O)[C@H]2C[C@H]1[C@@H]1C(=O)N(CCNc3ncc(C(F)(F)F)cc3Cl)C(=O)[C@H]21. The summed E-state index contributed by atoms with van der Waals surface area (Å²) in [6.07, 6.45) is -4.34. The quantitative estimate of drug-likeness (QED) is 0.710. The Hall–Kier alpha value is -2.38. The molecule has 2 N–H and O–H groups in total. The van der Waals surface area contributed by atoms with Gasteiger partial charge in [0, 0.05) is 19.3 Å². The van der Waals surface area contributed by atoms with Gasteiger partial charge in [0.2, 0.25) is 11.8 Å². The number of aliphatic hydroxyl groups is 1. The van der Waals surface area contributed by atoms with Crippen LogP contribution in [-0.2, 0) is 15.8 Å². The maximum Gasteiger partial charge on any atom is 0.417 e. The van der Waals surface area contributed by atoms with Gasteiger partial charge in [-0.25, -0.2) is 4.98 Å². The zero-order valence-corrected chi connectivity index (χ0v) is 15.6. The topological polar surface area (TPSA) is 106 Å². The summed E-state index contributed by atoms with van der Waals surface area (Å²) < 4.78 is 38.0. The predicted molar refractivity (Wildman–Crippen MR) is 93.1 cm³/mol. The first-order chi connectivity index (χ1) is 13.6. The van der Waals surface area contributed by atoms with Crippen molar-refractivity contribution in [2.45, 2.75) is 18.7 Å². The van der Waals surface area contributed by atoms with E-state index in [2.05, 4.69) is 10.3 Å². The number of imide groups is 1. The monoisotopic (exact) mass is 428 g/mol. The number of pyridine rings is 1. The number of nitrogens with zero attached hydrogens (tertiary/aromatic N) is 3. The molecule has 2 heterocycles. The van der Waals surface area contributed by atoms with Crippen molar-refractivity contribution in [3.05, 3.63) is 22.8 Å². The summed E-state index contributed by atoms with van der Waals surface area (Å²) in [7, 11) is 0. The first-order valence-corrected chi connectivity index (χ1v) is 9.42. The molecule has 1 saturated heterocycles. The van der Waals surface area contributed by atoms with Crippen LogP contribution in [0.15, 0.2) is 12.3 Å². The minimum Gasteiger partial charge on any atom is -0.391 e. The molecule has 1 aromatic heterocycles. The molecule has 29 heavy (non-hydrogen) atoms. The number of carbonyl (C=O) groups excluding carboxylic acids is 2. The molecule has 11 heteroatoms.